The predicted octanol–water partition coefficient (Wildman–Crippen LogP) is 4.81. The standard InChI is InChI=1S/C28H36Cl2F3N6O8P/c1-4-34-27(43)38(15-5-14-37(2)3)48(46,17-18-6-10-20(11-7-18)35-26(42)28(31,32)33)47-23(22(16-40)36-25(41)24(29)30)19-8-12-21(13-9-19)39(44)45/h6-13,22-24,40H,4-5,14-17H2,1-3H3,(H,34,43)(H,35,42)(H,36,41)/t22-,23+,48+/m1/s1. The number of halogens is 5. The van der Waals surface area contributed by atoms with Gasteiger partial charge in [0.05, 0.1) is 23.7 Å². The lowest BCUT2D eigenvalue weighted by atomic mass is 10.0. The number of carbonyl (C=O) groups excluding carboxylic acids is 3. The molecule has 2 rings (SSSR count). The third-order valence-electron chi connectivity index (χ3n) is 6.56. The van der Waals surface area contributed by atoms with Crippen molar-refractivity contribution in [3.8, 4) is 0 Å². The average Bonchev–Trinajstić information content (AvgIpc) is 3.01. The zero-order valence-corrected chi connectivity index (χ0v) is 28.5. The highest BCUT2D eigenvalue weighted by atomic mass is 35.5. The lowest BCUT2D eigenvalue weighted by molar-refractivity contribution is -0.384. The summed E-state index contributed by atoms with van der Waals surface area (Å²) < 4.78 is 60.6. The summed E-state index contributed by atoms with van der Waals surface area (Å²) in [6, 6.07) is 7.37. The van der Waals surface area contributed by atoms with Gasteiger partial charge < -0.3 is 30.5 Å². The van der Waals surface area contributed by atoms with E-state index in [-0.39, 0.29) is 35.6 Å². The van der Waals surface area contributed by atoms with Crippen LogP contribution in [0.1, 0.15) is 30.6 Å². The maximum atomic E-state index is 15.1. The number of carbonyl (C=O) groups is 3. The first-order chi connectivity index (χ1) is 22.4. The Hall–Kier alpha value is -3.47. The summed E-state index contributed by atoms with van der Waals surface area (Å²) in [5, 5.41) is 28.3. The van der Waals surface area contributed by atoms with Crippen molar-refractivity contribution in [2.45, 2.75) is 42.7 Å². The smallest absolute Gasteiger partial charge is 0.394 e. The summed E-state index contributed by atoms with van der Waals surface area (Å²) in [5.74, 6) is -3.16. The molecule has 4 amide bonds. The minimum absolute atomic E-state index is 0.107. The van der Waals surface area contributed by atoms with Crippen LogP contribution in [0.3, 0.4) is 0 Å². The minimum Gasteiger partial charge on any atom is -0.394 e. The van der Waals surface area contributed by atoms with Gasteiger partial charge in [-0.25, -0.2) is 4.79 Å². The average molecular weight is 744 g/mol. The van der Waals surface area contributed by atoms with E-state index < -0.39 is 66.2 Å². The second kappa shape index (κ2) is 18.3. The van der Waals surface area contributed by atoms with Crippen molar-refractivity contribution in [3.63, 3.8) is 0 Å². The normalized spacial score (nSPS) is 14.1. The number of alkyl halides is 5. The highest BCUT2D eigenvalue weighted by Crippen LogP contribution is 2.57. The highest BCUT2D eigenvalue weighted by molar-refractivity contribution is 7.56. The number of non-ortho nitro benzene ring substituents is 1. The number of hydrogen-bond acceptors (Lipinski definition) is 9. The molecule has 266 valence electrons. The molecule has 3 atom stereocenters. The van der Waals surface area contributed by atoms with Crippen LogP contribution in [0.15, 0.2) is 48.5 Å². The van der Waals surface area contributed by atoms with Crippen LogP contribution in [-0.2, 0) is 24.8 Å². The summed E-state index contributed by atoms with van der Waals surface area (Å²) in [6.07, 6.45) is -6.88. The van der Waals surface area contributed by atoms with Gasteiger partial charge in [0.25, 0.3) is 11.6 Å². The van der Waals surface area contributed by atoms with Crippen LogP contribution in [0.4, 0.5) is 29.3 Å². The molecule has 0 fully saturated rings. The molecule has 0 aromatic heterocycles. The van der Waals surface area contributed by atoms with Crippen LogP contribution in [0.5, 0.6) is 0 Å². The number of benzene rings is 2. The number of aliphatic hydroxyl groups excluding tert-OH is 1. The van der Waals surface area contributed by atoms with Gasteiger partial charge in [0.1, 0.15) is 6.10 Å². The van der Waals surface area contributed by atoms with E-state index in [1.54, 1.807) is 26.3 Å². The molecule has 2 aromatic rings. The third-order valence-corrected chi connectivity index (χ3v) is 9.39. The highest BCUT2D eigenvalue weighted by Gasteiger charge is 2.42. The van der Waals surface area contributed by atoms with Gasteiger partial charge in [-0.3, -0.25) is 28.9 Å². The lowest BCUT2D eigenvalue weighted by Gasteiger charge is -2.36. The number of anilines is 1. The summed E-state index contributed by atoms with van der Waals surface area (Å²) in [6.45, 7) is 1.27. The SMILES string of the molecule is CCNC(=O)N(CCCN(C)C)[P@](=O)(Cc1ccc(NC(=O)C(F)(F)F)cc1)O[C@@H](c1ccc([N+](=O)[O-])cc1)[C@@H](CO)NC(=O)C(Cl)Cl. The Kier molecular flexibility index (Phi) is 15.5. The molecule has 0 aliphatic carbocycles. The zero-order chi connectivity index (χ0) is 36.2. The van der Waals surface area contributed by atoms with Gasteiger partial charge >= 0.3 is 25.6 Å². The largest absolute Gasteiger partial charge is 0.471 e. The minimum atomic E-state index is -5.14. The fourth-order valence-electron chi connectivity index (χ4n) is 4.27. The quantitative estimate of drug-likeness (QED) is 0.0765. The monoisotopic (exact) mass is 742 g/mol. The Morgan fingerprint density at radius 2 is 1.67 bits per heavy atom. The number of urea groups is 1. The van der Waals surface area contributed by atoms with Crippen LogP contribution in [0.2, 0.25) is 0 Å². The van der Waals surface area contributed by atoms with Gasteiger partial charge in [-0.05, 0) is 69.4 Å². The van der Waals surface area contributed by atoms with Crippen LogP contribution < -0.4 is 16.0 Å². The summed E-state index contributed by atoms with van der Waals surface area (Å²) in [7, 11) is -0.913. The molecule has 0 spiro atoms. The van der Waals surface area contributed by atoms with E-state index in [1.165, 1.54) is 24.3 Å². The van der Waals surface area contributed by atoms with Gasteiger partial charge in [0.15, 0.2) is 4.84 Å². The van der Waals surface area contributed by atoms with E-state index in [9.17, 15) is 42.8 Å². The molecule has 0 aliphatic rings. The van der Waals surface area contributed by atoms with Crippen molar-refractivity contribution in [2.24, 2.45) is 0 Å². The maximum Gasteiger partial charge on any atom is 0.471 e. The van der Waals surface area contributed by atoms with Crippen LogP contribution in [0.25, 0.3) is 0 Å². The molecule has 0 heterocycles. The number of aliphatic hydroxyl groups is 1. The molecular weight excluding hydrogens is 707 g/mol. The number of amides is 4. The number of nitrogens with one attached hydrogen (secondary N) is 3. The van der Waals surface area contributed by atoms with Crippen molar-refractivity contribution in [2.75, 3.05) is 45.7 Å². The van der Waals surface area contributed by atoms with E-state index in [1.807, 2.05) is 4.90 Å². The summed E-state index contributed by atoms with van der Waals surface area (Å²) in [5.41, 5.74) is -0.210. The molecule has 4 N–H and O–H groups in total. The molecule has 0 radical (unpaired) electrons. The van der Waals surface area contributed by atoms with Crippen LogP contribution in [0, 0.1) is 10.1 Å². The Morgan fingerprint density at radius 3 is 2.15 bits per heavy atom. The molecule has 14 nitrogen and oxygen atoms in total. The van der Waals surface area contributed by atoms with Gasteiger partial charge in [0.2, 0.25) is 0 Å². The Balaban J connectivity index is 2.69. The van der Waals surface area contributed by atoms with Crippen molar-refractivity contribution >= 4 is 59.9 Å². The number of rotatable bonds is 17. The van der Waals surface area contributed by atoms with Crippen molar-refractivity contribution < 1.29 is 46.7 Å². The first-order valence-electron chi connectivity index (χ1n) is 14.3. The van der Waals surface area contributed by atoms with Crippen molar-refractivity contribution in [1.29, 1.82) is 0 Å². The fraction of sp³-hybridized carbons (Fsp3) is 0.464. The van der Waals surface area contributed by atoms with Crippen molar-refractivity contribution in [3.05, 3.63) is 69.8 Å². The Labute approximate surface area is 284 Å². The molecule has 0 bridgehead atoms. The topological polar surface area (TPSA) is 183 Å². The van der Waals surface area contributed by atoms with E-state index in [0.717, 1.165) is 28.9 Å². The zero-order valence-electron chi connectivity index (χ0n) is 26.1. The number of nitro benzene ring substituents is 1. The molecule has 48 heavy (non-hydrogen) atoms. The van der Waals surface area contributed by atoms with Gasteiger partial charge in [-0.2, -0.15) is 13.2 Å². The number of hydrogen-bond donors (Lipinski definition) is 4. The van der Waals surface area contributed by atoms with Gasteiger partial charge in [-0.15, -0.1) is 0 Å². The first-order valence-corrected chi connectivity index (χ1v) is 16.9. The van der Waals surface area contributed by atoms with Crippen molar-refractivity contribution in [1.82, 2.24) is 20.2 Å². The molecule has 2 aromatic carbocycles. The summed E-state index contributed by atoms with van der Waals surface area (Å²) >= 11 is 11.4. The second-order valence-corrected chi connectivity index (χ2v) is 13.9. The van der Waals surface area contributed by atoms with E-state index in [0.29, 0.717) is 13.0 Å². The number of nitro groups is 1. The Bertz CT molecular complexity index is 1450. The van der Waals surface area contributed by atoms with Gasteiger partial charge in [-0.1, -0.05) is 35.3 Å². The molecule has 0 unspecified atom stereocenters. The Morgan fingerprint density at radius 1 is 1.06 bits per heavy atom. The molecule has 0 saturated carbocycles. The number of nitrogens with zero attached hydrogens (tertiary/aromatic N) is 3. The summed E-state index contributed by atoms with van der Waals surface area (Å²) in [4.78, 5) is 48.2. The molecule has 0 aliphatic heterocycles. The molecular formula is C28H36Cl2F3N6O8P. The predicted molar refractivity (Wildman–Crippen MR) is 173 cm³/mol. The van der Waals surface area contributed by atoms with E-state index >= 15 is 4.57 Å². The van der Waals surface area contributed by atoms with Gasteiger partial charge in [0, 0.05) is 30.9 Å². The van der Waals surface area contributed by atoms with E-state index in [2.05, 4.69) is 10.6 Å². The first kappa shape index (κ1) is 40.7. The molecule has 20 heteroatoms. The lowest BCUT2D eigenvalue weighted by Crippen LogP contribution is -2.46. The molecule has 0 saturated heterocycles. The maximum absolute atomic E-state index is 15.1. The second-order valence-electron chi connectivity index (χ2n) is 10.5. The fourth-order valence-corrected chi connectivity index (χ4v) is 6.84. The third kappa shape index (κ3) is 12.2. The van der Waals surface area contributed by atoms with E-state index in [4.69, 9.17) is 27.7 Å². The van der Waals surface area contributed by atoms with Crippen LogP contribution in [-0.4, -0.2) is 94.8 Å². The van der Waals surface area contributed by atoms with Crippen LogP contribution >= 0.6 is 30.7 Å².